The molecule has 2 aromatic carbocycles. The summed E-state index contributed by atoms with van der Waals surface area (Å²) in [7, 11) is 0. The molecule has 0 bridgehead atoms. The van der Waals surface area contributed by atoms with E-state index < -0.39 is 17.1 Å². The molecule has 31 heavy (non-hydrogen) atoms. The van der Waals surface area contributed by atoms with Crippen molar-refractivity contribution in [2.75, 3.05) is 5.32 Å². The molecule has 1 aromatic heterocycles. The molecule has 0 saturated carbocycles. The second-order valence-electron chi connectivity index (χ2n) is 7.66. The van der Waals surface area contributed by atoms with Crippen LogP contribution in [0.4, 0.5) is 10.1 Å². The molecule has 0 aliphatic carbocycles. The summed E-state index contributed by atoms with van der Waals surface area (Å²) in [4.78, 5) is 29.1. The minimum atomic E-state index is -0.766. The Hall–Kier alpha value is -2.99. The summed E-state index contributed by atoms with van der Waals surface area (Å²) in [5.41, 5.74) is 0.337. The number of halogens is 2. The number of aromatic nitrogens is 1. The minimum Gasteiger partial charge on any atom is -0.351 e. The van der Waals surface area contributed by atoms with Crippen molar-refractivity contribution in [1.82, 2.24) is 10.3 Å². The number of benzene rings is 2. The van der Waals surface area contributed by atoms with Gasteiger partial charge in [-0.25, -0.2) is 4.39 Å². The van der Waals surface area contributed by atoms with Crippen LogP contribution in [-0.4, -0.2) is 16.8 Å². The normalized spacial score (nSPS) is 10.8. The Bertz CT molecular complexity index is 1090. The van der Waals surface area contributed by atoms with Gasteiger partial charge in [0.1, 0.15) is 5.82 Å². The molecule has 164 valence electrons. The lowest BCUT2D eigenvalue weighted by Gasteiger charge is -2.18. The molecule has 5 nitrogen and oxygen atoms in total. The number of fused-ring (bicyclic) bond motifs is 1. The number of nitrogens with zero attached hydrogens (tertiary/aromatic N) is 1. The fraction of sp³-hybridized carbons (Fsp3) is 0.292. The van der Waals surface area contributed by atoms with Crippen LogP contribution in [0, 0.1) is 11.2 Å². The third-order valence-corrected chi connectivity index (χ3v) is 4.71. The maximum atomic E-state index is 15.0. The highest BCUT2D eigenvalue weighted by Gasteiger charge is 2.23. The highest BCUT2D eigenvalue weighted by molar-refractivity contribution is 6.34. The Balaban J connectivity index is 0.00000166. The lowest BCUT2D eigenvalue weighted by atomic mass is 9.95. The first kappa shape index (κ1) is 24.3. The van der Waals surface area contributed by atoms with Crippen molar-refractivity contribution in [1.29, 1.82) is 0 Å². The van der Waals surface area contributed by atoms with Gasteiger partial charge in [0.25, 0.3) is 5.91 Å². The van der Waals surface area contributed by atoms with E-state index in [0.29, 0.717) is 11.2 Å². The van der Waals surface area contributed by atoms with E-state index in [1.807, 2.05) is 26.0 Å². The van der Waals surface area contributed by atoms with Crippen molar-refractivity contribution in [3.8, 4) is 0 Å². The van der Waals surface area contributed by atoms with Crippen LogP contribution >= 0.6 is 11.6 Å². The van der Waals surface area contributed by atoms with E-state index in [-0.39, 0.29) is 28.6 Å². The van der Waals surface area contributed by atoms with Crippen molar-refractivity contribution in [3.63, 3.8) is 0 Å². The second-order valence-corrected chi connectivity index (χ2v) is 8.07. The average molecular weight is 444 g/mol. The maximum absolute atomic E-state index is 15.0. The molecule has 0 aliphatic rings. The van der Waals surface area contributed by atoms with Gasteiger partial charge in [-0.3, -0.25) is 14.6 Å². The fourth-order valence-electron chi connectivity index (χ4n) is 2.77. The number of nitrogens with one attached hydrogen (secondary N) is 2. The lowest BCUT2D eigenvalue weighted by Crippen LogP contribution is -2.34. The van der Waals surface area contributed by atoms with Crippen LogP contribution in [0.2, 0.25) is 5.02 Å². The number of rotatable bonds is 4. The molecule has 2 amide bonds. The molecule has 0 atom stereocenters. The van der Waals surface area contributed by atoms with Crippen LogP contribution in [0.3, 0.4) is 0 Å². The monoisotopic (exact) mass is 443 g/mol. The van der Waals surface area contributed by atoms with Crippen molar-refractivity contribution in [2.24, 2.45) is 5.41 Å². The Morgan fingerprint density at radius 3 is 2.42 bits per heavy atom. The fourth-order valence-corrected chi connectivity index (χ4v) is 3.00. The van der Waals surface area contributed by atoms with Crippen molar-refractivity contribution in [2.45, 2.75) is 41.2 Å². The summed E-state index contributed by atoms with van der Waals surface area (Å²) in [6.07, 6.45) is 1.62. The molecule has 1 heterocycles. The smallest absolute Gasteiger partial charge is 0.260 e. The molecule has 0 radical (unpaired) electrons. The van der Waals surface area contributed by atoms with Crippen molar-refractivity contribution >= 4 is 40.0 Å². The highest BCUT2D eigenvalue weighted by atomic mass is 35.5. The van der Waals surface area contributed by atoms with Crippen LogP contribution in [-0.2, 0) is 11.3 Å². The molecule has 0 fully saturated rings. The summed E-state index contributed by atoms with van der Waals surface area (Å²) >= 11 is 6.11. The predicted molar refractivity (Wildman–Crippen MR) is 124 cm³/mol. The number of carbonyl (C=O) groups is 2. The number of pyridine rings is 1. The first-order valence-electron chi connectivity index (χ1n) is 10.1. The molecule has 0 aliphatic heterocycles. The van der Waals surface area contributed by atoms with Crippen LogP contribution in [0.25, 0.3) is 10.9 Å². The van der Waals surface area contributed by atoms with Gasteiger partial charge in [-0.1, -0.05) is 70.5 Å². The van der Waals surface area contributed by atoms with Crippen LogP contribution < -0.4 is 10.6 Å². The van der Waals surface area contributed by atoms with Crippen LogP contribution in [0.15, 0.2) is 48.7 Å². The van der Waals surface area contributed by atoms with E-state index >= 15 is 4.39 Å². The molecular weight excluding hydrogens is 417 g/mol. The van der Waals surface area contributed by atoms with Crippen molar-refractivity contribution < 1.29 is 14.0 Å². The zero-order chi connectivity index (χ0) is 23.2. The molecule has 3 rings (SSSR count). The third-order valence-electron chi connectivity index (χ3n) is 4.40. The molecule has 0 unspecified atom stereocenters. The quantitative estimate of drug-likeness (QED) is 0.522. The standard InChI is InChI=1S/C22H21ClFN3O2.C2H6/c1-22(2,3)21(29)26-12-14-9-10-15(23)17(18(14)24)20(28)27-16-8-4-6-13-7-5-11-25-19(13)16;1-2/h4-11H,12H2,1-3H3,(H,26,29)(H,27,28);1-2H3. The Morgan fingerprint density at radius 2 is 1.74 bits per heavy atom. The van der Waals surface area contributed by atoms with Crippen LogP contribution in [0.5, 0.6) is 0 Å². The largest absolute Gasteiger partial charge is 0.351 e. The van der Waals surface area contributed by atoms with E-state index in [9.17, 15) is 9.59 Å². The van der Waals surface area contributed by atoms with Crippen molar-refractivity contribution in [3.05, 3.63) is 70.6 Å². The van der Waals surface area contributed by atoms with E-state index in [1.165, 1.54) is 12.1 Å². The Morgan fingerprint density at radius 1 is 1.06 bits per heavy atom. The van der Waals surface area contributed by atoms with Crippen LogP contribution in [0.1, 0.15) is 50.5 Å². The summed E-state index contributed by atoms with van der Waals surface area (Å²) in [5, 5.41) is 6.19. The van der Waals surface area contributed by atoms with E-state index in [1.54, 1.807) is 45.2 Å². The first-order valence-corrected chi connectivity index (χ1v) is 10.5. The number of amides is 2. The molecule has 0 saturated heterocycles. The first-order chi connectivity index (χ1) is 14.7. The third kappa shape index (κ3) is 5.79. The van der Waals surface area contributed by atoms with E-state index in [0.717, 1.165) is 5.39 Å². The number of anilines is 1. The highest BCUT2D eigenvalue weighted by Crippen LogP contribution is 2.26. The SMILES string of the molecule is CC.CC(C)(C)C(=O)NCc1ccc(Cl)c(C(=O)Nc2cccc3cccnc23)c1F. The van der Waals surface area contributed by atoms with Gasteiger partial charge in [0, 0.05) is 29.1 Å². The van der Waals surface area contributed by atoms with Gasteiger partial charge in [-0.15, -0.1) is 0 Å². The maximum Gasteiger partial charge on any atom is 0.260 e. The number of carbonyl (C=O) groups excluding carboxylic acids is 2. The summed E-state index contributed by atoms with van der Waals surface area (Å²) in [6, 6.07) is 11.9. The summed E-state index contributed by atoms with van der Waals surface area (Å²) in [5.74, 6) is -1.67. The lowest BCUT2D eigenvalue weighted by molar-refractivity contribution is -0.128. The summed E-state index contributed by atoms with van der Waals surface area (Å²) in [6.45, 7) is 9.24. The zero-order valence-corrected chi connectivity index (χ0v) is 19.1. The van der Waals surface area contributed by atoms with Gasteiger partial charge in [0.2, 0.25) is 5.91 Å². The summed E-state index contributed by atoms with van der Waals surface area (Å²) < 4.78 is 15.0. The minimum absolute atomic E-state index is 0.0147. The van der Waals surface area contributed by atoms with Gasteiger partial charge in [0.15, 0.2) is 0 Å². The number of hydrogen-bond acceptors (Lipinski definition) is 3. The van der Waals surface area contributed by atoms with Gasteiger partial charge in [-0.2, -0.15) is 0 Å². The van der Waals surface area contributed by atoms with Gasteiger partial charge in [0.05, 0.1) is 21.8 Å². The molecule has 2 N–H and O–H groups in total. The van der Waals surface area contributed by atoms with E-state index in [4.69, 9.17) is 11.6 Å². The van der Waals surface area contributed by atoms with E-state index in [2.05, 4.69) is 15.6 Å². The zero-order valence-electron chi connectivity index (χ0n) is 18.3. The van der Waals surface area contributed by atoms with Gasteiger partial charge >= 0.3 is 0 Å². The second kappa shape index (κ2) is 10.4. The average Bonchev–Trinajstić information content (AvgIpc) is 2.74. The molecule has 3 aromatic rings. The van der Waals surface area contributed by atoms with Gasteiger partial charge in [-0.05, 0) is 18.2 Å². The van der Waals surface area contributed by atoms with Gasteiger partial charge < -0.3 is 10.6 Å². The molecule has 0 spiro atoms. The predicted octanol–water partition coefficient (Wildman–Crippen LogP) is 5.97. The molecule has 7 heteroatoms. The topological polar surface area (TPSA) is 71.1 Å². The Labute approximate surface area is 187 Å². The number of para-hydroxylation sites is 1. The molecular formula is C24H27ClFN3O2. The Kier molecular flexibility index (Phi) is 8.11. The number of hydrogen-bond donors (Lipinski definition) is 2.